The van der Waals surface area contributed by atoms with E-state index in [-0.39, 0.29) is 17.5 Å². The molecular formula is C19H17ClFN5OS. The van der Waals surface area contributed by atoms with E-state index in [1.807, 2.05) is 17.0 Å². The van der Waals surface area contributed by atoms with Crippen LogP contribution in [0.1, 0.15) is 10.4 Å². The molecule has 1 aliphatic heterocycles. The lowest BCUT2D eigenvalue weighted by atomic mass is 9.95. The maximum Gasteiger partial charge on any atom is 0.352 e. The number of anilines is 1. The summed E-state index contributed by atoms with van der Waals surface area (Å²) in [6.07, 6.45) is 3.45. The van der Waals surface area contributed by atoms with Crippen molar-refractivity contribution < 1.29 is 4.39 Å². The minimum Gasteiger partial charge on any atom is -0.335 e. The molecule has 28 heavy (non-hydrogen) atoms. The summed E-state index contributed by atoms with van der Waals surface area (Å²) < 4.78 is 15.2. The number of halogens is 2. The number of hydrogen-bond donors (Lipinski definition) is 1. The smallest absolute Gasteiger partial charge is 0.335 e. The summed E-state index contributed by atoms with van der Waals surface area (Å²) in [6.45, 7) is 1.36. The standard InChI is InChI=1S/C19H17ClFN5OS/c20-17-6-5-14(28-17)9-26-11-23-18(24-19(26)27)25-8-7-15(16(22)10-25)12-1-3-13(21)4-2-12/h1-7,11,16H,8-10,22H2/t16-/m0/s1. The van der Waals surface area contributed by atoms with E-state index >= 15 is 0 Å². The molecule has 0 amide bonds. The van der Waals surface area contributed by atoms with Crippen LogP contribution in [0.15, 0.2) is 53.6 Å². The van der Waals surface area contributed by atoms with Crippen molar-refractivity contribution in [2.75, 3.05) is 18.0 Å². The van der Waals surface area contributed by atoms with Gasteiger partial charge in [-0.1, -0.05) is 29.8 Å². The van der Waals surface area contributed by atoms with Crippen LogP contribution in [0.25, 0.3) is 5.57 Å². The first-order valence-electron chi connectivity index (χ1n) is 8.64. The number of aromatic nitrogens is 3. The van der Waals surface area contributed by atoms with Crippen molar-refractivity contribution in [3.8, 4) is 0 Å². The van der Waals surface area contributed by atoms with Gasteiger partial charge in [0.15, 0.2) is 0 Å². The van der Waals surface area contributed by atoms with Crippen molar-refractivity contribution in [2.24, 2.45) is 5.73 Å². The monoisotopic (exact) mass is 417 g/mol. The second-order valence-electron chi connectivity index (χ2n) is 6.45. The van der Waals surface area contributed by atoms with Crippen LogP contribution in [-0.4, -0.2) is 33.7 Å². The molecule has 2 aromatic heterocycles. The Morgan fingerprint density at radius 3 is 2.68 bits per heavy atom. The highest BCUT2D eigenvalue weighted by atomic mass is 35.5. The average Bonchev–Trinajstić information content (AvgIpc) is 3.09. The van der Waals surface area contributed by atoms with Gasteiger partial charge in [-0.3, -0.25) is 4.57 Å². The van der Waals surface area contributed by atoms with Gasteiger partial charge in [0, 0.05) is 24.0 Å². The fraction of sp³-hybridized carbons (Fsp3) is 0.211. The Bertz CT molecular complexity index is 1080. The molecule has 1 aliphatic rings. The molecule has 0 fully saturated rings. The Kier molecular flexibility index (Phi) is 5.25. The number of rotatable bonds is 4. The molecule has 0 bridgehead atoms. The van der Waals surface area contributed by atoms with E-state index in [2.05, 4.69) is 9.97 Å². The first-order valence-corrected chi connectivity index (χ1v) is 9.83. The predicted molar refractivity (Wildman–Crippen MR) is 109 cm³/mol. The fourth-order valence-corrected chi connectivity index (χ4v) is 4.21. The molecule has 9 heteroatoms. The molecule has 1 aromatic carbocycles. The van der Waals surface area contributed by atoms with Crippen molar-refractivity contribution in [1.82, 2.24) is 14.5 Å². The third-order valence-electron chi connectivity index (χ3n) is 4.52. The second kappa shape index (κ2) is 7.83. The molecule has 0 unspecified atom stereocenters. The van der Waals surface area contributed by atoms with E-state index < -0.39 is 0 Å². The highest BCUT2D eigenvalue weighted by Gasteiger charge is 2.22. The Morgan fingerprint density at radius 2 is 2.04 bits per heavy atom. The van der Waals surface area contributed by atoms with Crippen LogP contribution in [0.3, 0.4) is 0 Å². The lowest BCUT2D eigenvalue weighted by molar-refractivity contribution is 0.627. The molecule has 3 heterocycles. The summed E-state index contributed by atoms with van der Waals surface area (Å²) in [5.41, 5.74) is 7.75. The average molecular weight is 418 g/mol. The summed E-state index contributed by atoms with van der Waals surface area (Å²) in [4.78, 5) is 23.6. The summed E-state index contributed by atoms with van der Waals surface area (Å²) in [5.74, 6) is 0.0597. The van der Waals surface area contributed by atoms with Gasteiger partial charge in [-0.05, 0) is 35.4 Å². The fourth-order valence-electron chi connectivity index (χ4n) is 3.12. The van der Waals surface area contributed by atoms with Gasteiger partial charge in [-0.15, -0.1) is 11.3 Å². The van der Waals surface area contributed by atoms with Gasteiger partial charge >= 0.3 is 5.69 Å². The van der Waals surface area contributed by atoms with E-state index in [4.69, 9.17) is 17.3 Å². The molecule has 1 atom stereocenters. The molecule has 0 radical (unpaired) electrons. The first-order chi connectivity index (χ1) is 13.5. The Labute approximate surface area is 169 Å². The number of hydrogen-bond acceptors (Lipinski definition) is 6. The molecule has 0 saturated heterocycles. The zero-order valence-electron chi connectivity index (χ0n) is 14.8. The molecule has 0 saturated carbocycles. The van der Waals surface area contributed by atoms with Crippen LogP contribution in [0.4, 0.5) is 10.3 Å². The summed E-state index contributed by atoms with van der Waals surface area (Å²) in [7, 11) is 0. The molecule has 4 rings (SSSR count). The quantitative estimate of drug-likeness (QED) is 0.706. The summed E-state index contributed by atoms with van der Waals surface area (Å²) in [6, 6.07) is 9.63. The van der Waals surface area contributed by atoms with Crippen LogP contribution < -0.4 is 16.3 Å². The zero-order valence-corrected chi connectivity index (χ0v) is 16.3. The van der Waals surface area contributed by atoms with Gasteiger partial charge in [-0.25, -0.2) is 14.2 Å². The molecule has 6 nitrogen and oxygen atoms in total. The molecule has 144 valence electrons. The van der Waals surface area contributed by atoms with Crippen molar-refractivity contribution in [3.63, 3.8) is 0 Å². The van der Waals surface area contributed by atoms with Gasteiger partial charge in [-0.2, -0.15) is 4.98 Å². The maximum absolute atomic E-state index is 13.1. The van der Waals surface area contributed by atoms with Crippen LogP contribution in [0.2, 0.25) is 4.34 Å². The zero-order chi connectivity index (χ0) is 19.7. The van der Waals surface area contributed by atoms with E-state index in [1.54, 1.807) is 18.2 Å². The number of nitrogens with two attached hydrogens (primary N) is 1. The largest absolute Gasteiger partial charge is 0.352 e. The van der Waals surface area contributed by atoms with E-state index in [0.717, 1.165) is 16.0 Å². The van der Waals surface area contributed by atoms with Gasteiger partial charge in [0.1, 0.15) is 12.1 Å². The van der Waals surface area contributed by atoms with Crippen molar-refractivity contribution >= 4 is 34.5 Å². The summed E-state index contributed by atoms with van der Waals surface area (Å²) >= 11 is 7.34. The van der Waals surface area contributed by atoms with Gasteiger partial charge in [0.2, 0.25) is 5.95 Å². The highest BCUT2D eigenvalue weighted by Crippen LogP contribution is 2.24. The lowest BCUT2D eigenvalue weighted by Crippen LogP contribution is -2.44. The second-order valence-corrected chi connectivity index (χ2v) is 8.25. The third kappa shape index (κ3) is 3.99. The molecule has 0 spiro atoms. The first kappa shape index (κ1) is 18.8. The van der Waals surface area contributed by atoms with Gasteiger partial charge in [0.05, 0.1) is 10.9 Å². The number of benzene rings is 1. The van der Waals surface area contributed by atoms with Crippen molar-refractivity contribution in [2.45, 2.75) is 12.6 Å². The Hall–Kier alpha value is -2.55. The van der Waals surface area contributed by atoms with Crippen LogP contribution in [-0.2, 0) is 6.54 Å². The van der Waals surface area contributed by atoms with Crippen LogP contribution in [0, 0.1) is 5.82 Å². The van der Waals surface area contributed by atoms with Gasteiger partial charge < -0.3 is 10.6 Å². The topological polar surface area (TPSA) is 77.0 Å². The summed E-state index contributed by atoms with van der Waals surface area (Å²) in [5, 5.41) is 0. The van der Waals surface area contributed by atoms with Crippen LogP contribution >= 0.6 is 22.9 Å². The minimum atomic E-state index is -0.378. The maximum atomic E-state index is 13.1. The van der Waals surface area contributed by atoms with Crippen molar-refractivity contribution in [3.05, 3.63) is 79.9 Å². The number of thiophene rings is 1. The molecular weight excluding hydrogens is 401 g/mol. The number of nitrogens with zero attached hydrogens (tertiary/aromatic N) is 4. The van der Waals surface area contributed by atoms with E-state index in [9.17, 15) is 9.18 Å². The predicted octanol–water partition coefficient (Wildman–Crippen LogP) is 2.77. The Morgan fingerprint density at radius 1 is 1.25 bits per heavy atom. The van der Waals surface area contributed by atoms with Crippen molar-refractivity contribution in [1.29, 1.82) is 0 Å². The lowest BCUT2D eigenvalue weighted by Gasteiger charge is -2.31. The highest BCUT2D eigenvalue weighted by molar-refractivity contribution is 7.16. The molecule has 0 aliphatic carbocycles. The normalized spacial score (nSPS) is 16.9. The SMILES string of the molecule is N[C@H]1CN(c2ncn(Cc3ccc(Cl)s3)c(=O)n2)CC=C1c1ccc(F)cc1. The van der Waals surface area contributed by atoms with Crippen LogP contribution in [0.5, 0.6) is 0 Å². The van der Waals surface area contributed by atoms with E-state index in [1.165, 1.54) is 34.4 Å². The minimum absolute atomic E-state index is 0.283. The molecule has 3 aromatic rings. The molecule has 2 N–H and O–H groups in total. The van der Waals surface area contributed by atoms with Gasteiger partial charge in [0.25, 0.3) is 0 Å². The Balaban J connectivity index is 1.51. The van der Waals surface area contributed by atoms with E-state index in [0.29, 0.717) is 29.9 Å². The third-order valence-corrected chi connectivity index (χ3v) is 5.73.